The Bertz CT molecular complexity index is 379. The summed E-state index contributed by atoms with van der Waals surface area (Å²) < 4.78 is 6.58. The maximum absolute atomic E-state index is 11.7. The van der Waals surface area contributed by atoms with Gasteiger partial charge in [-0.15, -0.1) is 0 Å². The topological polar surface area (TPSA) is 55.6 Å². The minimum Gasteiger partial charge on any atom is -0.492 e. The van der Waals surface area contributed by atoms with Gasteiger partial charge in [-0.1, -0.05) is 15.9 Å². The number of nitrogens with zero attached hydrogens (tertiary/aromatic N) is 1. The molecule has 100 valence electrons. The van der Waals surface area contributed by atoms with Crippen LogP contribution in [0.2, 0.25) is 0 Å². The van der Waals surface area contributed by atoms with Gasteiger partial charge in [-0.25, -0.2) is 0 Å². The third kappa shape index (κ3) is 4.66. The van der Waals surface area contributed by atoms with E-state index in [0.717, 1.165) is 10.2 Å². The maximum Gasteiger partial charge on any atom is 0.239 e. The molecule has 0 fully saturated rings. The van der Waals surface area contributed by atoms with Gasteiger partial charge in [-0.3, -0.25) is 4.79 Å². The summed E-state index contributed by atoms with van der Waals surface area (Å²) in [7, 11) is 0. The second-order valence-electron chi connectivity index (χ2n) is 4.01. The Kier molecular flexibility index (Phi) is 6.15. The van der Waals surface area contributed by atoms with Crippen molar-refractivity contribution >= 4 is 21.8 Å². The highest BCUT2D eigenvalue weighted by Crippen LogP contribution is 2.15. The molecule has 2 N–H and O–H groups in total. The molecule has 1 aromatic rings. The Balaban J connectivity index is 2.40. The molecule has 1 rings (SSSR count). The zero-order valence-corrected chi connectivity index (χ0v) is 12.3. The lowest BCUT2D eigenvalue weighted by molar-refractivity contribution is -0.132. The van der Waals surface area contributed by atoms with Crippen LogP contribution in [-0.2, 0) is 4.79 Å². The lowest BCUT2D eigenvalue weighted by atomic mass is 10.3. The molecule has 0 bridgehead atoms. The van der Waals surface area contributed by atoms with Crippen molar-refractivity contribution in [3.8, 4) is 5.75 Å². The van der Waals surface area contributed by atoms with E-state index in [1.165, 1.54) is 0 Å². The number of nitrogens with two attached hydrogens (primary N) is 1. The van der Waals surface area contributed by atoms with Crippen molar-refractivity contribution in [3.05, 3.63) is 28.7 Å². The van der Waals surface area contributed by atoms with Crippen molar-refractivity contribution in [1.29, 1.82) is 0 Å². The third-order valence-corrected chi connectivity index (χ3v) is 3.06. The number of rotatable bonds is 6. The molecular formula is C13H19BrN2O2. The fraction of sp³-hybridized carbons (Fsp3) is 0.462. The fourth-order valence-corrected chi connectivity index (χ4v) is 1.78. The standard InChI is InChI=1S/C13H19BrN2O2/c1-3-16(13(17)10(2)15)8-9-18-12-6-4-11(14)5-7-12/h4-7,10H,3,8-9,15H2,1-2H3/t10-/m0/s1. The zero-order valence-electron chi connectivity index (χ0n) is 10.7. The summed E-state index contributed by atoms with van der Waals surface area (Å²) >= 11 is 3.36. The molecule has 1 amide bonds. The first-order valence-corrected chi connectivity index (χ1v) is 6.76. The number of hydrogen-bond acceptors (Lipinski definition) is 3. The molecule has 0 spiro atoms. The molecule has 18 heavy (non-hydrogen) atoms. The first-order chi connectivity index (χ1) is 8.54. The number of halogens is 1. The van der Waals surface area contributed by atoms with E-state index in [1.807, 2.05) is 31.2 Å². The largest absolute Gasteiger partial charge is 0.492 e. The normalized spacial score (nSPS) is 12.0. The first kappa shape index (κ1) is 15.0. The van der Waals surface area contributed by atoms with Gasteiger partial charge in [-0.2, -0.15) is 0 Å². The fourth-order valence-electron chi connectivity index (χ4n) is 1.52. The number of amides is 1. The van der Waals surface area contributed by atoms with Gasteiger partial charge in [0, 0.05) is 11.0 Å². The summed E-state index contributed by atoms with van der Waals surface area (Å²) in [6.07, 6.45) is 0. The Morgan fingerprint density at radius 1 is 1.44 bits per heavy atom. The molecule has 0 heterocycles. The predicted molar refractivity (Wildman–Crippen MR) is 75.5 cm³/mol. The summed E-state index contributed by atoms with van der Waals surface area (Å²) in [6, 6.07) is 7.14. The van der Waals surface area contributed by atoms with Crippen LogP contribution in [0.3, 0.4) is 0 Å². The van der Waals surface area contributed by atoms with E-state index in [-0.39, 0.29) is 5.91 Å². The number of benzene rings is 1. The summed E-state index contributed by atoms with van der Waals surface area (Å²) in [5.74, 6) is 0.749. The van der Waals surface area contributed by atoms with E-state index in [2.05, 4.69) is 15.9 Å². The van der Waals surface area contributed by atoms with E-state index < -0.39 is 6.04 Å². The van der Waals surface area contributed by atoms with Crippen molar-refractivity contribution in [2.45, 2.75) is 19.9 Å². The van der Waals surface area contributed by atoms with Crippen LogP contribution in [0.25, 0.3) is 0 Å². The van der Waals surface area contributed by atoms with Crippen molar-refractivity contribution in [2.24, 2.45) is 5.73 Å². The number of likely N-dealkylation sites (N-methyl/N-ethyl adjacent to an activating group) is 1. The Morgan fingerprint density at radius 2 is 2.06 bits per heavy atom. The Morgan fingerprint density at radius 3 is 2.56 bits per heavy atom. The van der Waals surface area contributed by atoms with E-state index in [4.69, 9.17) is 10.5 Å². The van der Waals surface area contributed by atoms with Gasteiger partial charge in [0.2, 0.25) is 5.91 Å². The second kappa shape index (κ2) is 7.38. The second-order valence-corrected chi connectivity index (χ2v) is 4.92. The number of carbonyl (C=O) groups excluding carboxylic acids is 1. The highest BCUT2D eigenvalue weighted by atomic mass is 79.9. The van der Waals surface area contributed by atoms with E-state index in [0.29, 0.717) is 19.7 Å². The molecule has 0 aliphatic heterocycles. The van der Waals surface area contributed by atoms with Crippen LogP contribution in [0.4, 0.5) is 0 Å². The Labute approximate surface area is 116 Å². The van der Waals surface area contributed by atoms with E-state index in [1.54, 1.807) is 11.8 Å². The van der Waals surface area contributed by atoms with Crippen molar-refractivity contribution in [3.63, 3.8) is 0 Å². The van der Waals surface area contributed by atoms with Crippen LogP contribution < -0.4 is 10.5 Å². The minimum atomic E-state index is -0.461. The minimum absolute atomic E-state index is 0.0445. The number of carbonyl (C=O) groups is 1. The van der Waals surface area contributed by atoms with Crippen LogP contribution >= 0.6 is 15.9 Å². The molecule has 0 aromatic heterocycles. The van der Waals surface area contributed by atoms with Crippen LogP contribution in [-0.4, -0.2) is 36.5 Å². The lowest BCUT2D eigenvalue weighted by Gasteiger charge is -2.22. The van der Waals surface area contributed by atoms with Gasteiger partial charge in [0.1, 0.15) is 12.4 Å². The van der Waals surface area contributed by atoms with Crippen LogP contribution in [0, 0.1) is 0 Å². The summed E-state index contributed by atoms with van der Waals surface area (Å²) in [4.78, 5) is 13.4. The number of ether oxygens (including phenoxy) is 1. The quantitative estimate of drug-likeness (QED) is 0.874. The first-order valence-electron chi connectivity index (χ1n) is 5.97. The highest BCUT2D eigenvalue weighted by molar-refractivity contribution is 9.10. The molecule has 0 unspecified atom stereocenters. The zero-order chi connectivity index (χ0) is 13.5. The monoisotopic (exact) mass is 314 g/mol. The maximum atomic E-state index is 11.7. The molecule has 0 aliphatic rings. The molecule has 5 heteroatoms. The van der Waals surface area contributed by atoms with Crippen LogP contribution in [0.5, 0.6) is 5.75 Å². The molecular weight excluding hydrogens is 296 g/mol. The molecule has 1 aromatic carbocycles. The van der Waals surface area contributed by atoms with Gasteiger partial charge in [0.15, 0.2) is 0 Å². The van der Waals surface area contributed by atoms with Crippen molar-refractivity contribution < 1.29 is 9.53 Å². The van der Waals surface area contributed by atoms with E-state index >= 15 is 0 Å². The SMILES string of the molecule is CCN(CCOc1ccc(Br)cc1)C(=O)[C@H](C)N. The highest BCUT2D eigenvalue weighted by Gasteiger charge is 2.15. The van der Waals surface area contributed by atoms with Gasteiger partial charge >= 0.3 is 0 Å². The lowest BCUT2D eigenvalue weighted by Crippen LogP contribution is -2.43. The van der Waals surface area contributed by atoms with Crippen LogP contribution in [0.1, 0.15) is 13.8 Å². The van der Waals surface area contributed by atoms with Gasteiger partial charge < -0.3 is 15.4 Å². The molecule has 1 atom stereocenters. The number of hydrogen-bond donors (Lipinski definition) is 1. The summed E-state index contributed by atoms with van der Waals surface area (Å²) in [6.45, 7) is 5.28. The van der Waals surface area contributed by atoms with Crippen molar-refractivity contribution in [1.82, 2.24) is 4.90 Å². The van der Waals surface area contributed by atoms with Crippen LogP contribution in [0.15, 0.2) is 28.7 Å². The predicted octanol–water partition coefficient (Wildman–Crippen LogP) is 2.02. The third-order valence-electron chi connectivity index (χ3n) is 2.53. The molecule has 0 radical (unpaired) electrons. The van der Waals surface area contributed by atoms with Crippen molar-refractivity contribution in [2.75, 3.05) is 19.7 Å². The Hall–Kier alpha value is -1.07. The average molecular weight is 315 g/mol. The summed E-state index contributed by atoms with van der Waals surface area (Å²) in [5.41, 5.74) is 5.57. The molecule has 0 aliphatic carbocycles. The van der Waals surface area contributed by atoms with E-state index in [9.17, 15) is 4.79 Å². The smallest absolute Gasteiger partial charge is 0.239 e. The summed E-state index contributed by atoms with van der Waals surface area (Å²) in [5, 5.41) is 0. The molecule has 0 saturated heterocycles. The molecule has 0 saturated carbocycles. The van der Waals surface area contributed by atoms with Gasteiger partial charge in [0.25, 0.3) is 0 Å². The molecule has 4 nitrogen and oxygen atoms in total. The average Bonchev–Trinajstić information content (AvgIpc) is 2.36. The van der Waals surface area contributed by atoms with Gasteiger partial charge in [0.05, 0.1) is 12.6 Å². The van der Waals surface area contributed by atoms with Gasteiger partial charge in [-0.05, 0) is 38.1 Å².